The Morgan fingerprint density at radius 1 is 1.17 bits per heavy atom. The van der Waals surface area contributed by atoms with E-state index in [0.29, 0.717) is 5.41 Å². The van der Waals surface area contributed by atoms with E-state index in [0.717, 1.165) is 0 Å². The van der Waals surface area contributed by atoms with Crippen molar-refractivity contribution >= 4 is 5.69 Å². The van der Waals surface area contributed by atoms with Crippen LogP contribution in [0.4, 0.5) is 5.69 Å². The molecule has 2 heterocycles. The van der Waals surface area contributed by atoms with Crippen molar-refractivity contribution in [1.29, 1.82) is 0 Å². The molecule has 0 atom stereocenters. The summed E-state index contributed by atoms with van der Waals surface area (Å²) >= 11 is 0. The number of para-hydroxylation sites is 1. The summed E-state index contributed by atoms with van der Waals surface area (Å²) in [4.78, 5) is 2.60. The lowest BCUT2D eigenvalue weighted by molar-refractivity contribution is 0.199. The summed E-state index contributed by atoms with van der Waals surface area (Å²) in [6.45, 7) is 11.8. The van der Waals surface area contributed by atoms with Gasteiger partial charge in [0, 0.05) is 37.3 Å². The summed E-state index contributed by atoms with van der Waals surface area (Å²) in [7, 11) is 0. The van der Waals surface area contributed by atoms with Crippen molar-refractivity contribution in [3.05, 3.63) is 29.8 Å². The van der Waals surface area contributed by atoms with Crippen LogP contribution < -0.4 is 10.2 Å². The van der Waals surface area contributed by atoms with Crippen molar-refractivity contribution in [2.24, 2.45) is 5.41 Å². The van der Waals surface area contributed by atoms with Crippen LogP contribution in [-0.2, 0) is 5.41 Å². The Morgan fingerprint density at radius 3 is 2.44 bits per heavy atom. The van der Waals surface area contributed by atoms with Crippen molar-refractivity contribution in [3.63, 3.8) is 0 Å². The van der Waals surface area contributed by atoms with Crippen molar-refractivity contribution in [3.8, 4) is 0 Å². The number of hydrogen-bond donors (Lipinski definition) is 1. The second-order valence-electron chi connectivity index (χ2n) is 7.04. The van der Waals surface area contributed by atoms with Crippen LogP contribution in [0.5, 0.6) is 0 Å². The van der Waals surface area contributed by atoms with E-state index in [1.165, 1.54) is 43.9 Å². The number of anilines is 1. The lowest BCUT2D eigenvalue weighted by Gasteiger charge is -2.39. The van der Waals surface area contributed by atoms with E-state index < -0.39 is 0 Å². The van der Waals surface area contributed by atoms with E-state index in [2.05, 4.69) is 55.3 Å². The average molecular weight is 244 g/mol. The van der Waals surface area contributed by atoms with Crippen LogP contribution in [0.15, 0.2) is 24.3 Å². The summed E-state index contributed by atoms with van der Waals surface area (Å²) in [6, 6.07) is 8.93. The molecule has 18 heavy (non-hydrogen) atoms. The molecule has 0 saturated carbocycles. The van der Waals surface area contributed by atoms with Crippen molar-refractivity contribution in [2.75, 3.05) is 31.1 Å². The topological polar surface area (TPSA) is 15.3 Å². The van der Waals surface area contributed by atoms with Crippen LogP contribution in [-0.4, -0.2) is 26.2 Å². The third kappa shape index (κ3) is 1.93. The molecule has 1 aromatic carbocycles. The quantitative estimate of drug-likeness (QED) is 0.817. The van der Waals surface area contributed by atoms with Crippen LogP contribution in [0.2, 0.25) is 0 Å². The minimum atomic E-state index is 0.226. The van der Waals surface area contributed by atoms with Crippen molar-refractivity contribution < 1.29 is 0 Å². The fraction of sp³-hybridized carbons (Fsp3) is 0.625. The smallest absolute Gasteiger partial charge is 0.0404 e. The third-order valence-corrected chi connectivity index (χ3v) is 4.49. The molecule has 2 aliphatic rings. The predicted molar refractivity (Wildman–Crippen MR) is 77.3 cm³/mol. The highest BCUT2D eigenvalue weighted by molar-refractivity contribution is 5.57. The molecular formula is C16H24N2. The lowest BCUT2D eigenvalue weighted by Crippen LogP contribution is -2.54. The molecule has 1 spiro atoms. The van der Waals surface area contributed by atoms with Crippen LogP contribution in [0, 0.1) is 5.41 Å². The summed E-state index contributed by atoms with van der Waals surface area (Å²) in [6.07, 6.45) is 1.35. The van der Waals surface area contributed by atoms with Gasteiger partial charge in [-0.15, -0.1) is 0 Å². The summed E-state index contributed by atoms with van der Waals surface area (Å²) in [5, 5.41) is 3.43. The molecule has 0 aromatic heterocycles. The zero-order valence-electron chi connectivity index (χ0n) is 11.8. The van der Waals surface area contributed by atoms with Crippen LogP contribution in [0.25, 0.3) is 0 Å². The number of benzene rings is 1. The predicted octanol–water partition coefficient (Wildman–Crippen LogP) is 2.78. The Morgan fingerprint density at radius 2 is 1.89 bits per heavy atom. The van der Waals surface area contributed by atoms with Crippen LogP contribution in [0.3, 0.4) is 0 Å². The third-order valence-electron chi connectivity index (χ3n) is 4.49. The summed E-state index contributed by atoms with van der Waals surface area (Å²) < 4.78 is 0. The van der Waals surface area contributed by atoms with Crippen LogP contribution >= 0.6 is 0 Å². The van der Waals surface area contributed by atoms with Crippen molar-refractivity contribution in [2.45, 2.75) is 32.6 Å². The maximum Gasteiger partial charge on any atom is 0.0404 e. The van der Waals surface area contributed by atoms with E-state index in [9.17, 15) is 0 Å². The number of rotatable bonds is 1. The van der Waals surface area contributed by atoms with E-state index in [-0.39, 0.29) is 5.41 Å². The molecule has 0 radical (unpaired) electrons. The highest BCUT2D eigenvalue weighted by Gasteiger charge is 2.43. The molecule has 98 valence electrons. The molecule has 2 heteroatoms. The zero-order valence-corrected chi connectivity index (χ0v) is 11.8. The second-order valence-corrected chi connectivity index (χ2v) is 7.04. The maximum atomic E-state index is 3.43. The normalized spacial score (nSPS) is 22.3. The SMILES string of the molecule is CC(C)(C)c1ccccc1N1CCC2(CNC2)C1. The molecular weight excluding hydrogens is 220 g/mol. The molecule has 1 N–H and O–H groups in total. The molecule has 0 aliphatic carbocycles. The molecule has 1 aromatic rings. The Hall–Kier alpha value is -1.02. The van der Waals surface area contributed by atoms with Crippen LogP contribution in [0.1, 0.15) is 32.8 Å². The summed E-state index contributed by atoms with van der Waals surface area (Å²) in [5.74, 6) is 0. The minimum Gasteiger partial charge on any atom is -0.371 e. The molecule has 0 amide bonds. The second kappa shape index (κ2) is 3.99. The molecule has 2 nitrogen and oxygen atoms in total. The Labute approximate surface area is 110 Å². The van der Waals surface area contributed by atoms with E-state index in [1.807, 2.05) is 0 Å². The standard InChI is InChI=1S/C16H24N2/c1-15(2,3)13-6-4-5-7-14(13)18-9-8-16(12-18)10-17-11-16/h4-7,17H,8-12H2,1-3H3. The first-order valence-electron chi connectivity index (χ1n) is 7.05. The van der Waals surface area contributed by atoms with Gasteiger partial charge in [0.15, 0.2) is 0 Å². The van der Waals surface area contributed by atoms with Gasteiger partial charge >= 0.3 is 0 Å². The first kappa shape index (κ1) is 12.0. The number of hydrogen-bond acceptors (Lipinski definition) is 2. The Kier molecular flexibility index (Phi) is 2.67. The Balaban J connectivity index is 1.89. The first-order chi connectivity index (χ1) is 8.50. The molecule has 0 unspecified atom stereocenters. The van der Waals surface area contributed by atoms with Gasteiger partial charge in [-0.05, 0) is 23.5 Å². The molecule has 2 aliphatic heterocycles. The zero-order chi connectivity index (χ0) is 12.8. The molecule has 0 bridgehead atoms. The van der Waals surface area contributed by atoms with Gasteiger partial charge in [-0.1, -0.05) is 39.0 Å². The Bertz CT molecular complexity index is 441. The first-order valence-corrected chi connectivity index (χ1v) is 7.05. The monoisotopic (exact) mass is 244 g/mol. The fourth-order valence-corrected chi connectivity index (χ4v) is 3.29. The summed E-state index contributed by atoms with van der Waals surface area (Å²) in [5.41, 5.74) is 3.73. The lowest BCUT2D eigenvalue weighted by atomic mass is 9.81. The van der Waals surface area contributed by atoms with Gasteiger partial charge in [-0.2, -0.15) is 0 Å². The largest absolute Gasteiger partial charge is 0.371 e. The van der Waals surface area contributed by atoms with Gasteiger partial charge in [0.2, 0.25) is 0 Å². The van der Waals surface area contributed by atoms with Crippen molar-refractivity contribution in [1.82, 2.24) is 5.32 Å². The molecule has 2 fully saturated rings. The van der Waals surface area contributed by atoms with Gasteiger partial charge in [0.25, 0.3) is 0 Å². The average Bonchev–Trinajstić information content (AvgIpc) is 2.72. The van der Waals surface area contributed by atoms with Gasteiger partial charge in [-0.3, -0.25) is 0 Å². The minimum absolute atomic E-state index is 0.226. The van der Waals surface area contributed by atoms with Gasteiger partial charge in [0.05, 0.1) is 0 Å². The highest BCUT2D eigenvalue weighted by Crippen LogP contribution is 2.40. The van der Waals surface area contributed by atoms with E-state index in [1.54, 1.807) is 0 Å². The van der Waals surface area contributed by atoms with Gasteiger partial charge in [-0.25, -0.2) is 0 Å². The van der Waals surface area contributed by atoms with E-state index in [4.69, 9.17) is 0 Å². The molecule has 3 rings (SSSR count). The highest BCUT2D eigenvalue weighted by atomic mass is 15.2. The number of nitrogens with zero attached hydrogens (tertiary/aromatic N) is 1. The molecule has 2 saturated heterocycles. The van der Waals surface area contributed by atoms with Gasteiger partial charge in [0.1, 0.15) is 0 Å². The van der Waals surface area contributed by atoms with E-state index >= 15 is 0 Å². The fourth-order valence-electron chi connectivity index (χ4n) is 3.29. The van der Waals surface area contributed by atoms with Gasteiger partial charge < -0.3 is 10.2 Å². The maximum absolute atomic E-state index is 3.43. The number of nitrogens with one attached hydrogen (secondary N) is 1.